The molecule has 0 saturated carbocycles. The molecule has 6 heteroatoms. The van der Waals surface area contributed by atoms with Crippen LogP contribution in [0.15, 0.2) is 18.2 Å². The van der Waals surface area contributed by atoms with E-state index in [1.165, 1.54) is 6.07 Å². The first kappa shape index (κ1) is 15.6. The number of nitrogens with zero attached hydrogens (tertiary/aromatic N) is 2. The van der Waals surface area contributed by atoms with Gasteiger partial charge in [-0.25, -0.2) is 0 Å². The summed E-state index contributed by atoms with van der Waals surface area (Å²) < 4.78 is 5.54. The van der Waals surface area contributed by atoms with Crippen molar-refractivity contribution in [3.05, 3.63) is 28.3 Å². The fraction of sp³-hybridized carbons (Fsp3) is 0.600. The quantitative estimate of drug-likeness (QED) is 0.666. The monoisotopic (exact) mass is 293 g/mol. The fourth-order valence-electron chi connectivity index (χ4n) is 2.75. The first-order valence-electron chi connectivity index (χ1n) is 7.46. The second-order valence-electron chi connectivity index (χ2n) is 5.58. The van der Waals surface area contributed by atoms with E-state index in [0.29, 0.717) is 18.4 Å². The molecule has 0 bridgehead atoms. The van der Waals surface area contributed by atoms with Crippen LogP contribution in [-0.4, -0.2) is 30.2 Å². The number of rotatable bonds is 5. The third-order valence-corrected chi connectivity index (χ3v) is 3.85. The van der Waals surface area contributed by atoms with Crippen LogP contribution in [0.1, 0.15) is 33.1 Å². The second-order valence-corrected chi connectivity index (χ2v) is 5.58. The minimum absolute atomic E-state index is 0.0218. The summed E-state index contributed by atoms with van der Waals surface area (Å²) in [4.78, 5) is 12.9. The molecule has 1 aliphatic heterocycles. The molecule has 2 rings (SSSR count). The van der Waals surface area contributed by atoms with Crippen LogP contribution >= 0.6 is 0 Å². The maximum atomic E-state index is 11.1. The molecular formula is C15H23N3O3. The number of nitro benzene ring substituents is 1. The van der Waals surface area contributed by atoms with Crippen molar-refractivity contribution in [3.8, 4) is 5.75 Å². The van der Waals surface area contributed by atoms with Gasteiger partial charge in [0.15, 0.2) is 5.75 Å². The molecule has 2 unspecified atom stereocenters. The first-order chi connectivity index (χ1) is 10.0. The van der Waals surface area contributed by atoms with Gasteiger partial charge in [0.25, 0.3) is 0 Å². The zero-order valence-electron chi connectivity index (χ0n) is 12.6. The van der Waals surface area contributed by atoms with E-state index in [2.05, 4.69) is 11.8 Å². The van der Waals surface area contributed by atoms with Crippen LogP contribution in [-0.2, 0) is 0 Å². The Kier molecular flexibility index (Phi) is 5.01. The maximum absolute atomic E-state index is 11.1. The van der Waals surface area contributed by atoms with E-state index in [4.69, 9.17) is 10.5 Å². The Morgan fingerprint density at radius 1 is 1.52 bits per heavy atom. The highest BCUT2D eigenvalue weighted by atomic mass is 16.6. The molecule has 1 heterocycles. The summed E-state index contributed by atoms with van der Waals surface area (Å²) in [6, 6.07) is 5.67. The van der Waals surface area contributed by atoms with Crippen molar-refractivity contribution >= 4 is 11.4 Å². The van der Waals surface area contributed by atoms with E-state index in [-0.39, 0.29) is 11.7 Å². The lowest BCUT2D eigenvalue weighted by Crippen LogP contribution is -2.45. The number of anilines is 1. The van der Waals surface area contributed by atoms with Crippen LogP contribution < -0.4 is 15.4 Å². The highest BCUT2D eigenvalue weighted by Crippen LogP contribution is 2.34. The molecule has 0 radical (unpaired) electrons. The minimum Gasteiger partial charge on any atom is -0.487 e. The maximum Gasteiger partial charge on any atom is 0.311 e. The molecule has 0 aromatic heterocycles. The molecule has 21 heavy (non-hydrogen) atoms. The molecule has 0 amide bonds. The molecule has 1 aliphatic rings. The molecule has 0 aliphatic carbocycles. The van der Waals surface area contributed by atoms with Crippen molar-refractivity contribution in [1.29, 1.82) is 0 Å². The Labute approximate surface area is 125 Å². The van der Waals surface area contributed by atoms with E-state index in [9.17, 15) is 10.1 Å². The van der Waals surface area contributed by atoms with Crippen molar-refractivity contribution < 1.29 is 9.66 Å². The Morgan fingerprint density at radius 3 is 2.90 bits per heavy atom. The molecule has 1 saturated heterocycles. The lowest BCUT2D eigenvalue weighted by molar-refractivity contribution is -0.385. The van der Waals surface area contributed by atoms with Gasteiger partial charge in [-0.3, -0.25) is 10.1 Å². The van der Waals surface area contributed by atoms with Crippen LogP contribution in [0.2, 0.25) is 0 Å². The summed E-state index contributed by atoms with van der Waals surface area (Å²) in [6.45, 7) is 5.45. The van der Waals surface area contributed by atoms with Crippen molar-refractivity contribution in [1.82, 2.24) is 0 Å². The van der Waals surface area contributed by atoms with Gasteiger partial charge in [0, 0.05) is 36.4 Å². The van der Waals surface area contributed by atoms with Gasteiger partial charge in [-0.2, -0.15) is 0 Å². The smallest absolute Gasteiger partial charge is 0.311 e. The fourth-order valence-corrected chi connectivity index (χ4v) is 2.75. The van der Waals surface area contributed by atoms with Crippen LogP contribution in [0.5, 0.6) is 5.75 Å². The number of benzene rings is 1. The third kappa shape index (κ3) is 3.64. The predicted molar refractivity (Wildman–Crippen MR) is 82.9 cm³/mol. The molecule has 116 valence electrons. The Balaban J connectivity index is 2.26. The van der Waals surface area contributed by atoms with E-state index in [1.54, 1.807) is 12.1 Å². The third-order valence-electron chi connectivity index (χ3n) is 3.85. The molecular weight excluding hydrogens is 270 g/mol. The van der Waals surface area contributed by atoms with Gasteiger partial charge >= 0.3 is 5.69 Å². The van der Waals surface area contributed by atoms with Gasteiger partial charge in [0.1, 0.15) is 0 Å². The van der Waals surface area contributed by atoms with Gasteiger partial charge < -0.3 is 15.4 Å². The van der Waals surface area contributed by atoms with Crippen molar-refractivity contribution in [3.63, 3.8) is 0 Å². The predicted octanol–water partition coefficient (Wildman–Crippen LogP) is 2.70. The number of hydrogen-bond donors (Lipinski definition) is 1. The highest BCUT2D eigenvalue weighted by Gasteiger charge is 2.25. The summed E-state index contributed by atoms with van der Waals surface area (Å²) >= 11 is 0. The minimum atomic E-state index is -0.398. The number of nitro groups is 1. The average Bonchev–Trinajstić information content (AvgIpc) is 2.44. The normalized spacial score (nSPS) is 22.1. The summed E-state index contributed by atoms with van der Waals surface area (Å²) in [7, 11) is 0. The van der Waals surface area contributed by atoms with Crippen molar-refractivity contribution in [2.24, 2.45) is 5.73 Å². The first-order valence-corrected chi connectivity index (χ1v) is 7.46. The number of piperidine rings is 1. The van der Waals surface area contributed by atoms with Gasteiger partial charge in [-0.05, 0) is 32.3 Å². The van der Waals surface area contributed by atoms with Crippen LogP contribution in [0.3, 0.4) is 0 Å². The molecule has 1 aromatic carbocycles. The lowest BCUT2D eigenvalue weighted by atomic mass is 9.98. The summed E-state index contributed by atoms with van der Waals surface area (Å²) in [5.41, 5.74) is 6.97. The topological polar surface area (TPSA) is 81.6 Å². The molecule has 6 nitrogen and oxygen atoms in total. The Bertz CT molecular complexity index is 507. The average molecular weight is 293 g/mol. The molecule has 1 fully saturated rings. The summed E-state index contributed by atoms with van der Waals surface area (Å²) in [6.07, 6.45) is 2.69. The van der Waals surface area contributed by atoms with Gasteiger partial charge in [-0.1, -0.05) is 6.92 Å². The van der Waals surface area contributed by atoms with E-state index >= 15 is 0 Å². The molecule has 1 aromatic rings. The number of ether oxygens (including phenoxy) is 1. The SMILES string of the molecule is CCCOc1cc(N2CCC(N)CC2C)ccc1[N+](=O)[O-]. The highest BCUT2D eigenvalue weighted by molar-refractivity contribution is 5.60. The van der Waals surface area contributed by atoms with Gasteiger partial charge in [0.2, 0.25) is 0 Å². The van der Waals surface area contributed by atoms with E-state index in [0.717, 1.165) is 31.5 Å². The number of nitrogens with two attached hydrogens (primary N) is 1. The zero-order chi connectivity index (χ0) is 15.4. The second kappa shape index (κ2) is 6.76. The Morgan fingerprint density at radius 2 is 2.29 bits per heavy atom. The van der Waals surface area contributed by atoms with Crippen molar-refractivity contribution in [2.45, 2.75) is 45.2 Å². The van der Waals surface area contributed by atoms with E-state index in [1.807, 2.05) is 6.92 Å². The van der Waals surface area contributed by atoms with Gasteiger partial charge in [-0.15, -0.1) is 0 Å². The molecule has 0 spiro atoms. The van der Waals surface area contributed by atoms with Crippen molar-refractivity contribution in [2.75, 3.05) is 18.1 Å². The largest absolute Gasteiger partial charge is 0.487 e. The molecule has 2 N–H and O–H groups in total. The van der Waals surface area contributed by atoms with Gasteiger partial charge in [0.05, 0.1) is 11.5 Å². The standard InChI is InChI=1S/C15H23N3O3/c1-3-8-21-15-10-13(4-5-14(15)18(19)20)17-7-6-12(16)9-11(17)2/h4-5,10-12H,3,6-9,16H2,1-2H3. The Hall–Kier alpha value is -1.82. The van der Waals surface area contributed by atoms with Crippen LogP contribution in [0.25, 0.3) is 0 Å². The lowest BCUT2D eigenvalue weighted by Gasteiger charge is -2.38. The summed E-state index contributed by atoms with van der Waals surface area (Å²) in [5, 5.41) is 11.1. The van der Waals surface area contributed by atoms with E-state index < -0.39 is 4.92 Å². The van der Waals surface area contributed by atoms with Crippen LogP contribution in [0, 0.1) is 10.1 Å². The molecule has 2 atom stereocenters. The number of hydrogen-bond acceptors (Lipinski definition) is 5. The zero-order valence-corrected chi connectivity index (χ0v) is 12.6. The summed E-state index contributed by atoms with van der Waals surface area (Å²) in [5.74, 6) is 0.349. The van der Waals surface area contributed by atoms with Crippen LogP contribution in [0.4, 0.5) is 11.4 Å².